The van der Waals surface area contributed by atoms with Crippen LogP contribution in [-0.2, 0) is 0 Å². The van der Waals surface area contributed by atoms with E-state index in [-0.39, 0.29) is 6.54 Å². The van der Waals surface area contributed by atoms with Crippen molar-refractivity contribution >= 4 is 0 Å². The molecule has 2 nitrogen and oxygen atoms in total. The maximum Gasteiger partial charge on any atom is 0.393 e. The van der Waals surface area contributed by atoms with E-state index >= 15 is 0 Å². The second-order valence-electron chi connectivity index (χ2n) is 5.73. The van der Waals surface area contributed by atoms with E-state index in [9.17, 15) is 13.2 Å². The summed E-state index contributed by atoms with van der Waals surface area (Å²) in [6, 6.07) is 0.497. The number of halogens is 3. The largest absolute Gasteiger partial charge is 0.393 e. The summed E-state index contributed by atoms with van der Waals surface area (Å²) < 4.78 is 38.2. The molecule has 18 heavy (non-hydrogen) atoms. The van der Waals surface area contributed by atoms with Crippen LogP contribution in [0.5, 0.6) is 0 Å². The van der Waals surface area contributed by atoms with Crippen molar-refractivity contribution in [2.45, 2.75) is 44.3 Å². The molecule has 0 amide bonds. The van der Waals surface area contributed by atoms with Crippen molar-refractivity contribution in [1.29, 1.82) is 0 Å². The van der Waals surface area contributed by atoms with E-state index in [1.165, 1.54) is 6.42 Å². The molecule has 3 atom stereocenters. The monoisotopic (exact) mass is 264 g/mol. The highest BCUT2D eigenvalue weighted by molar-refractivity contribution is 4.86. The number of nitrogens with zero attached hydrogens (tertiary/aromatic N) is 1. The Balaban J connectivity index is 1.86. The third-order valence-corrected chi connectivity index (χ3v) is 4.49. The van der Waals surface area contributed by atoms with E-state index in [1.54, 1.807) is 0 Å². The number of likely N-dealkylation sites (tertiary alicyclic amines) is 1. The summed E-state index contributed by atoms with van der Waals surface area (Å²) >= 11 is 0. The van der Waals surface area contributed by atoms with Gasteiger partial charge in [0.15, 0.2) is 0 Å². The van der Waals surface area contributed by atoms with Crippen LogP contribution >= 0.6 is 0 Å². The molecule has 0 spiro atoms. The molecule has 0 aromatic carbocycles. The molecule has 1 saturated carbocycles. The summed E-state index contributed by atoms with van der Waals surface area (Å²) in [6.07, 6.45) is 0.487. The van der Waals surface area contributed by atoms with Gasteiger partial charge in [0.1, 0.15) is 0 Å². The molecule has 0 aromatic rings. The Morgan fingerprint density at radius 1 is 1.17 bits per heavy atom. The van der Waals surface area contributed by atoms with Gasteiger partial charge >= 0.3 is 6.18 Å². The summed E-state index contributed by atoms with van der Waals surface area (Å²) in [5.74, 6) is -0.581. The molecule has 0 aromatic heterocycles. The summed E-state index contributed by atoms with van der Waals surface area (Å²) in [5.41, 5.74) is 0. The Kier molecular flexibility index (Phi) is 4.54. The molecule has 5 heteroatoms. The summed E-state index contributed by atoms with van der Waals surface area (Å²) in [4.78, 5) is 2.03. The van der Waals surface area contributed by atoms with E-state index in [0.717, 1.165) is 25.9 Å². The number of hydrogen-bond donors (Lipinski definition) is 1. The maximum absolute atomic E-state index is 12.7. The lowest BCUT2D eigenvalue weighted by Crippen LogP contribution is -2.45. The highest BCUT2D eigenvalue weighted by Gasteiger charge is 2.42. The van der Waals surface area contributed by atoms with Crippen molar-refractivity contribution in [3.8, 4) is 0 Å². The third kappa shape index (κ3) is 3.38. The van der Waals surface area contributed by atoms with E-state index in [0.29, 0.717) is 24.8 Å². The average molecular weight is 264 g/mol. The minimum atomic E-state index is -4.02. The van der Waals surface area contributed by atoms with Crippen LogP contribution in [0.15, 0.2) is 0 Å². The zero-order valence-corrected chi connectivity index (χ0v) is 11.0. The molecule has 1 aliphatic heterocycles. The van der Waals surface area contributed by atoms with Crippen LogP contribution in [0.3, 0.4) is 0 Å². The van der Waals surface area contributed by atoms with Gasteiger partial charge in [0.2, 0.25) is 0 Å². The van der Waals surface area contributed by atoms with Gasteiger partial charge in [-0.05, 0) is 45.2 Å². The van der Waals surface area contributed by atoms with Crippen LogP contribution in [0.1, 0.15) is 32.1 Å². The van der Waals surface area contributed by atoms with Crippen molar-refractivity contribution in [2.75, 3.05) is 26.7 Å². The molecule has 0 bridgehead atoms. The van der Waals surface area contributed by atoms with E-state index < -0.39 is 12.1 Å². The predicted molar refractivity (Wildman–Crippen MR) is 65.4 cm³/mol. The van der Waals surface area contributed by atoms with Crippen LogP contribution in [0.25, 0.3) is 0 Å². The van der Waals surface area contributed by atoms with Gasteiger partial charge in [0, 0.05) is 19.1 Å². The number of rotatable bonds is 3. The van der Waals surface area contributed by atoms with E-state index in [4.69, 9.17) is 0 Å². The van der Waals surface area contributed by atoms with E-state index in [2.05, 4.69) is 5.32 Å². The molecule has 0 radical (unpaired) electrons. The zero-order chi connectivity index (χ0) is 13.2. The summed E-state index contributed by atoms with van der Waals surface area (Å²) in [5, 5.41) is 3.30. The Morgan fingerprint density at radius 2 is 1.94 bits per heavy atom. The smallest absolute Gasteiger partial charge is 0.317 e. The second-order valence-corrected chi connectivity index (χ2v) is 5.73. The molecule has 1 aliphatic carbocycles. The minimum Gasteiger partial charge on any atom is -0.317 e. The van der Waals surface area contributed by atoms with Crippen molar-refractivity contribution in [3.63, 3.8) is 0 Å². The molecule has 1 saturated heterocycles. The van der Waals surface area contributed by atoms with Gasteiger partial charge in [-0.25, -0.2) is 0 Å². The first-order valence-electron chi connectivity index (χ1n) is 6.97. The molecule has 3 unspecified atom stereocenters. The summed E-state index contributed by atoms with van der Waals surface area (Å²) in [7, 11) is 1.96. The Hall–Kier alpha value is -0.290. The molecule has 2 aliphatic rings. The van der Waals surface area contributed by atoms with Crippen LogP contribution < -0.4 is 5.32 Å². The van der Waals surface area contributed by atoms with Gasteiger partial charge in [-0.1, -0.05) is 6.42 Å². The first kappa shape index (κ1) is 14.1. The molecule has 106 valence electrons. The molecule has 1 heterocycles. The summed E-state index contributed by atoms with van der Waals surface area (Å²) in [6.45, 7) is 1.87. The maximum atomic E-state index is 12.7. The van der Waals surface area contributed by atoms with Gasteiger partial charge in [-0.15, -0.1) is 0 Å². The lowest BCUT2D eigenvalue weighted by molar-refractivity contribution is -0.187. The fourth-order valence-electron chi connectivity index (χ4n) is 3.46. The number of hydrogen-bond acceptors (Lipinski definition) is 2. The second kappa shape index (κ2) is 5.78. The Bertz CT molecular complexity index is 267. The van der Waals surface area contributed by atoms with Crippen LogP contribution in [0.2, 0.25) is 0 Å². The topological polar surface area (TPSA) is 15.3 Å². The third-order valence-electron chi connectivity index (χ3n) is 4.49. The normalized spacial score (nSPS) is 35.0. The van der Waals surface area contributed by atoms with Crippen molar-refractivity contribution < 1.29 is 13.2 Å². The molecular formula is C13H23F3N2. The lowest BCUT2D eigenvalue weighted by atomic mass is 9.95. The molecule has 2 fully saturated rings. The molecular weight excluding hydrogens is 241 g/mol. The van der Waals surface area contributed by atoms with Crippen molar-refractivity contribution in [3.05, 3.63) is 0 Å². The number of piperidine rings is 1. The first-order chi connectivity index (χ1) is 8.50. The van der Waals surface area contributed by atoms with Gasteiger partial charge < -0.3 is 10.2 Å². The lowest BCUT2D eigenvalue weighted by Gasteiger charge is -2.36. The van der Waals surface area contributed by atoms with Crippen LogP contribution in [-0.4, -0.2) is 43.8 Å². The van der Waals surface area contributed by atoms with Crippen LogP contribution in [0.4, 0.5) is 13.2 Å². The highest BCUT2D eigenvalue weighted by Crippen LogP contribution is 2.34. The Labute approximate surface area is 107 Å². The quantitative estimate of drug-likeness (QED) is 0.843. The van der Waals surface area contributed by atoms with Gasteiger partial charge in [-0.3, -0.25) is 0 Å². The number of nitrogens with one attached hydrogen (secondary N) is 1. The average Bonchev–Trinajstić information content (AvgIpc) is 2.75. The van der Waals surface area contributed by atoms with E-state index in [1.807, 2.05) is 11.9 Å². The first-order valence-corrected chi connectivity index (χ1v) is 6.97. The fraction of sp³-hybridized carbons (Fsp3) is 1.00. The van der Waals surface area contributed by atoms with Gasteiger partial charge in [-0.2, -0.15) is 13.2 Å². The zero-order valence-electron chi connectivity index (χ0n) is 11.0. The van der Waals surface area contributed by atoms with Gasteiger partial charge in [0.05, 0.1) is 5.92 Å². The SMILES string of the molecule is CNC1CCCC1CN1CCCC(C(F)(F)F)C1. The molecule has 2 rings (SSSR count). The van der Waals surface area contributed by atoms with Gasteiger partial charge in [0.25, 0.3) is 0 Å². The minimum absolute atomic E-state index is 0.205. The fourth-order valence-corrected chi connectivity index (χ4v) is 3.46. The van der Waals surface area contributed by atoms with Crippen molar-refractivity contribution in [2.24, 2.45) is 11.8 Å². The highest BCUT2D eigenvalue weighted by atomic mass is 19.4. The number of alkyl halides is 3. The predicted octanol–water partition coefficient (Wildman–Crippen LogP) is 2.65. The van der Waals surface area contributed by atoms with Crippen LogP contribution in [0, 0.1) is 11.8 Å². The Morgan fingerprint density at radius 3 is 2.61 bits per heavy atom. The molecule has 1 N–H and O–H groups in total. The van der Waals surface area contributed by atoms with Crippen molar-refractivity contribution in [1.82, 2.24) is 10.2 Å². The standard InChI is InChI=1S/C13H23F3N2/c1-17-12-6-2-4-10(12)8-18-7-3-5-11(9-18)13(14,15)16/h10-12,17H,2-9H2,1H3.